The number of aldehydes is 1. The first kappa shape index (κ1) is 41.1. The first-order valence-electron chi connectivity index (χ1n) is 19.1. The summed E-state index contributed by atoms with van der Waals surface area (Å²) in [4.78, 5) is 12.1. The van der Waals surface area contributed by atoms with E-state index < -0.39 is 23.9 Å². The number of benzene rings is 1. The van der Waals surface area contributed by atoms with Crippen LogP contribution in [0.25, 0.3) is 0 Å². The van der Waals surface area contributed by atoms with Gasteiger partial charge in [-0.1, -0.05) is 71.9 Å². The zero-order valence-corrected chi connectivity index (χ0v) is 31.5. The van der Waals surface area contributed by atoms with E-state index in [1.807, 2.05) is 26.1 Å². The van der Waals surface area contributed by atoms with Crippen molar-refractivity contribution in [2.24, 2.45) is 23.2 Å². The van der Waals surface area contributed by atoms with Crippen LogP contribution in [0.5, 0.6) is 0 Å². The monoisotopic (exact) mass is 704 g/mol. The molecular formula is C43H64N2O6. The van der Waals surface area contributed by atoms with Gasteiger partial charge in [0.05, 0.1) is 18.3 Å². The molecule has 1 aromatic carbocycles. The lowest BCUT2D eigenvalue weighted by atomic mass is 9.51. The molecule has 7 atom stereocenters. The van der Waals surface area contributed by atoms with E-state index in [2.05, 4.69) is 67.5 Å². The lowest BCUT2D eigenvalue weighted by Gasteiger charge is -2.57. The molecular weight excluding hydrogens is 640 g/mol. The minimum absolute atomic E-state index is 0.00345. The fraction of sp³-hybridized carbons (Fsp3) is 0.605. The van der Waals surface area contributed by atoms with Crippen molar-refractivity contribution in [2.75, 3.05) is 40.1 Å². The maximum absolute atomic E-state index is 12.5. The SMILES string of the molecule is C=C(C=CC=C(COCO)C1CCC2(C(CCCO)C(=C(C)C=O)CCC2(O)CCNC)C1O)C1CC=C(C)CNC(C)Cc2cccc(c2)C1. The van der Waals surface area contributed by atoms with Gasteiger partial charge in [0.15, 0.2) is 0 Å². The number of fused-ring (bicyclic) bond motifs is 2. The molecule has 0 saturated heterocycles. The van der Waals surface area contributed by atoms with Gasteiger partial charge >= 0.3 is 0 Å². The number of hydrogen-bond donors (Lipinski definition) is 6. The summed E-state index contributed by atoms with van der Waals surface area (Å²) < 4.78 is 5.56. The summed E-state index contributed by atoms with van der Waals surface area (Å²) in [5.74, 6) is -0.375. The van der Waals surface area contributed by atoms with E-state index in [0.717, 1.165) is 48.8 Å². The molecule has 6 N–H and O–H groups in total. The Morgan fingerprint density at radius 1 is 1.20 bits per heavy atom. The molecule has 8 heteroatoms. The van der Waals surface area contributed by atoms with Crippen molar-refractivity contribution >= 4 is 6.29 Å². The molecule has 1 aromatic rings. The molecule has 4 rings (SSSR count). The van der Waals surface area contributed by atoms with Crippen LogP contribution >= 0.6 is 0 Å². The Hall–Kier alpha value is -2.69. The fourth-order valence-corrected chi connectivity index (χ4v) is 9.27. The molecule has 1 heterocycles. The van der Waals surface area contributed by atoms with Crippen molar-refractivity contribution in [3.05, 3.63) is 94.1 Å². The second-order valence-corrected chi connectivity index (χ2v) is 15.4. The van der Waals surface area contributed by atoms with Crippen LogP contribution in [0.4, 0.5) is 0 Å². The first-order valence-corrected chi connectivity index (χ1v) is 19.1. The molecule has 2 saturated carbocycles. The van der Waals surface area contributed by atoms with Crippen LogP contribution in [0.2, 0.25) is 0 Å². The van der Waals surface area contributed by atoms with Crippen LogP contribution in [-0.4, -0.2) is 84.6 Å². The molecule has 2 bridgehead atoms. The second kappa shape index (κ2) is 19.4. The molecule has 1 spiro atoms. The first-order chi connectivity index (χ1) is 24.5. The molecule has 2 aliphatic carbocycles. The average molecular weight is 705 g/mol. The lowest BCUT2D eigenvalue weighted by molar-refractivity contribution is -0.180. The molecule has 1 aliphatic heterocycles. The van der Waals surface area contributed by atoms with Crippen LogP contribution in [0.1, 0.15) is 83.3 Å². The number of hydrogen-bond acceptors (Lipinski definition) is 8. The Morgan fingerprint density at radius 2 is 1.96 bits per heavy atom. The van der Waals surface area contributed by atoms with E-state index in [-0.39, 0.29) is 31.0 Å². The predicted octanol–water partition coefficient (Wildman–Crippen LogP) is 5.52. The maximum atomic E-state index is 12.5. The third kappa shape index (κ3) is 9.85. The van der Waals surface area contributed by atoms with Gasteiger partial charge in [-0.3, -0.25) is 4.79 Å². The predicted molar refractivity (Wildman–Crippen MR) is 205 cm³/mol. The highest BCUT2D eigenvalue weighted by Gasteiger charge is 2.65. The van der Waals surface area contributed by atoms with Crippen LogP contribution in [0.15, 0.2) is 83.0 Å². The van der Waals surface area contributed by atoms with Crippen molar-refractivity contribution < 1.29 is 30.0 Å². The van der Waals surface area contributed by atoms with Gasteiger partial charge in [-0.2, -0.15) is 0 Å². The second-order valence-electron chi connectivity index (χ2n) is 15.4. The molecule has 8 nitrogen and oxygen atoms in total. The minimum Gasteiger partial charge on any atom is -0.396 e. The van der Waals surface area contributed by atoms with E-state index in [4.69, 9.17) is 4.74 Å². The average Bonchev–Trinajstić information content (AvgIpc) is 3.46. The van der Waals surface area contributed by atoms with Crippen LogP contribution < -0.4 is 10.6 Å². The molecule has 0 amide bonds. The van der Waals surface area contributed by atoms with Crippen molar-refractivity contribution in [2.45, 2.75) is 103 Å². The summed E-state index contributed by atoms with van der Waals surface area (Å²) in [5.41, 5.74) is 5.36. The summed E-state index contributed by atoms with van der Waals surface area (Å²) in [6.07, 6.45) is 14.8. The van der Waals surface area contributed by atoms with Gasteiger partial charge in [0.1, 0.15) is 13.1 Å². The van der Waals surface area contributed by atoms with Crippen LogP contribution in [0.3, 0.4) is 0 Å². The van der Waals surface area contributed by atoms with E-state index in [0.29, 0.717) is 63.1 Å². The van der Waals surface area contributed by atoms with Gasteiger partial charge in [0.25, 0.3) is 0 Å². The summed E-state index contributed by atoms with van der Waals surface area (Å²) in [6.45, 7) is 11.9. The van der Waals surface area contributed by atoms with E-state index in [1.165, 1.54) is 16.7 Å². The topological polar surface area (TPSA) is 131 Å². The molecule has 282 valence electrons. The number of aliphatic hydroxyl groups excluding tert-OH is 3. The maximum Gasteiger partial charge on any atom is 0.145 e. The Kier molecular flexibility index (Phi) is 15.6. The Bertz CT molecular complexity index is 1450. The third-order valence-electron chi connectivity index (χ3n) is 12.1. The number of carbonyl (C=O) groups is 1. The molecule has 0 aromatic heterocycles. The molecule has 7 unspecified atom stereocenters. The largest absolute Gasteiger partial charge is 0.396 e. The molecule has 51 heavy (non-hydrogen) atoms. The fourth-order valence-electron chi connectivity index (χ4n) is 9.27. The van der Waals surface area contributed by atoms with E-state index in [1.54, 1.807) is 0 Å². The molecule has 3 aliphatic rings. The summed E-state index contributed by atoms with van der Waals surface area (Å²) >= 11 is 0. The number of ether oxygens (including phenoxy) is 1. The molecule has 0 radical (unpaired) electrons. The van der Waals surface area contributed by atoms with E-state index in [9.17, 15) is 25.2 Å². The third-order valence-corrected chi connectivity index (χ3v) is 12.1. The van der Waals surface area contributed by atoms with Crippen LogP contribution in [-0.2, 0) is 22.4 Å². The number of nitrogens with one attached hydrogen (secondary N) is 2. The van der Waals surface area contributed by atoms with Gasteiger partial charge in [-0.25, -0.2) is 0 Å². The van der Waals surface area contributed by atoms with Crippen molar-refractivity contribution in [3.63, 3.8) is 0 Å². The Balaban J connectivity index is 1.66. The smallest absolute Gasteiger partial charge is 0.145 e. The highest BCUT2D eigenvalue weighted by atomic mass is 16.6. The summed E-state index contributed by atoms with van der Waals surface area (Å²) in [5, 5.41) is 51.4. The Labute approximate surface area is 306 Å². The van der Waals surface area contributed by atoms with Crippen molar-refractivity contribution in [3.8, 4) is 0 Å². The number of allylic oxidation sites excluding steroid dienone is 7. The number of aliphatic hydroxyl groups is 4. The highest BCUT2D eigenvalue weighted by molar-refractivity contribution is 5.74. The molecule has 2 fully saturated rings. The van der Waals surface area contributed by atoms with Crippen LogP contribution in [0, 0.1) is 23.2 Å². The number of rotatable bonds is 14. The lowest BCUT2D eigenvalue weighted by Crippen LogP contribution is -2.61. The van der Waals surface area contributed by atoms with E-state index >= 15 is 0 Å². The zero-order valence-electron chi connectivity index (χ0n) is 31.5. The summed E-state index contributed by atoms with van der Waals surface area (Å²) in [7, 11) is 1.86. The number of carbonyl (C=O) groups excluding carboxylic acids is 1. The summed E-state index contributed by atoms with van der Waals surface area (Å²) in [6, 6.07) is 9.26. The zero-order chi connectivity index (χ0) is 37.0. The Morgan fingerprint density at radius 3 is 2.67 bits per heavy atom. The van der Waals surface area contributed by atoms with Crippen molar-refractivity contribution in [1.29, 1.82) is 0 Å². The standard InChI is InChI=1S/C43H64N2O6/c1-30-14-15-36(25-35-11-7-10-34(24-35)23-33(4)45-26-30)31(2)9-6-12-37(28-51-29-48)39-17-19-43(41(39)49)40(13-8-22-46)38(32(3)27-47)16-18-42(43,50)20-21-44-5/h6-7,9-12,14,24,27,33,36,39-41,44-46,48-50H,2,8,13,15-23,25-26,28-29H2,1,3-5H3. The van der Waals surface area contributed by atoms with Gasteiger partial charge in [-0.05, 0) is 133 Å². The van der Waals surface area contributed by atoms with Crippen molar-refractivity contribution in [1.82, 2.24) is 10.6 Å². The quantitative estimate of drug-likeness (QED) is 0.0491. The van der Waals surface area contributed by atoms with Gasteiger partial charge in [-0.15, -0.1) is 0 Å². The van der Waals surface area contributed by atoms with Gasteiger partial charge in [0.2, 0.25) is 0 Å². The van der Waals surface area contributed by atoms with Gasteiger partial charge in [0, 0.05) is 30.5 Å². The highest BCUT2D eigenvalue weighted by Crippen LogP contribution is 2.64. The normalized spacial score (nSPS) is 31.6. The van der Waals surface area contributed by atoms with Gasteiger partial charge < -0.3 is 35.8 Å². The minimum atomic E-state index is -1.17.